The normalized spacial score (nSPS) is 11.2. The number of methoxy groups -OCH3 is 1. The summed E-state index contributed by atoms with van der Waals surface area (Å²) in [6, 6.07) is 10.7. The molecule has 0 radical (unpaired) electrons. The van der Waals surface area contributed by atoms with Crippen molar-refractivity contribution in [3.05, 3.63) is 47.5 Å². The summed E-state index contributed by atoms with van der Waals surface area (Å²) in [6.45, 7) is 9.68. The Morgan fingerprint density at radius 2 is 1.68 bits per heavy atom. The number of hydrogen-bond acceptors (Lipinski definition) is 4. The molecule has 0 atom stereocenters. The summed E-state index contributed by atoms with van der Waals surface area (Å²) < 4.78 is 33.3. The van der Waals surface area contributed by atoms with Gasteiger partial charge in [0.15, 0.2) is 0 Å². The van der Waals surface area contributed by atoms with Crippen molar-refractivity contribution in [2.45, 2.75) is 32.6 Å². The van der Waals surface area contributed by atoms with Gasteiger partial charge in [0, 0.05) is 18.8 Å². The van der Waals surface area contributed by atoms with Crippen LogP contribution in [-0.2, 0) is 10.0 Å². The van der Waals surface area contributed by atoms with Crippen LogP contribution in [0.4, 0.5) is 11.4 Å². The van der Waals surface area contributed by atoms with Gasteiger partial charge in [-0.2, -0.15) is 0 Å². The van der Waals surface area contributed by atoms with Crippen LogP contribution < -0.4 is 14.4 Å². The van der Waals surface area contributed by atoms with Gasteiger partial charge in [0.05, 0.1) is 17.7 Å². The van der Waals surface area contributed by atoms with Gasteiger partial charge in [0.1, 0.15) is 5.75 Å². The summed E-state index contributed by atoms with van der Waals surface area (Å²) in [6.07, 6.45) is 0. The summed E-state index contributed by atoms with van der Waals surface area (Å²) >= 11 is 0. The number of sulfonamides is 1. The third-order valence-electron chi connectivity index (χ3n) is 4.25. The second-order valence-corrected chi connectivity index (χ2v) is 7.56. The molecule has 0 aliphatic carbocycles. The lowest BCUT2D eigenvalue weighted by Crippen LogP contribution is -2.22. The molecule has 0 unspecified atom stereocenters. The van der Waals surface area contributed by atoms with E-state index in [-0.39, 0.29) is 4.90 Å². The molecule has 1 N–H and O–H groups in total. The van der Waals surface area contributed by atoms with Gasteiger partial charge in [-0.05, 0) is 75.2 Å². The van der Waals surface area contributed by atoms with Gasteiger partial charge < -0.3 is 9.64 Å². The first-order valence-corrected chi connectivity index (χ1v) is 9.83. The van der Waals surface area contributed by atoms with Gasteiger partial charge >= 0.3 is 0 Å². The number of ether oxygens (including phenoxy) is 1. The van der Waals surface area contributed by atoms with Crippen LogP contribution in [0.5, 0.6) is 5.75 Å². The van der Waals surface area contributed by atoms with E-state index >= 15 is 0 Å². The Bertz CT molecular complexity index is 844. The zero-order valence-corrected chi connectivity index (χ0v) is 16.3. The number of hydrogen-bond donors (Lipinski definition) is 1. The minimum absolute atomic E-state index is 0.250. The van der Waals surface area contributed by atoms with E-state index in [0.29, 0.717) is 17.0 Å². The van der Waals surface area contributed by atoms with Crippen LogP contribution in [0.15, 0.2) is 41.3 Å². The first-order valence-electron chi connectivity index (χ1n) is 8.35. The van der Waals surface area contributed by atoms with Crippen LogP contribution in [0.25, 0.3) is 0 Å². The third-order valence-corrected chi connectivity index (χ3v) is 5.78. The molecule has 0 spiro atoms. The number of rotatable bonds is 7. The highest BCUT2D eigenvalue weighted by atomic mass is 32.2. The van der Waals surface area contributed by atoms with Crippen LogP contribution in [0.2, 0.25) is 0 Å². The molecule has 0 heterocycles. The predicted molar refractivity (Wildman–Crippen MR) is 103 cm³/mol. The fraction of sp³-hybridized carbons (Fsp3) is 0.368. The predicted octanol–water partition coefficient (Wildman–Crippen LogP) is 3.96. The van der Waals surface area contributed by atoms with Crippen molar-refractivity contribution < 1.29 is 13.2 Å². The third kappa shape index (κ3) is 4.25. The van der Waals surface area contributed by atoms with Crippen molar-refractivity contribution in [2.24, 2.45) is 0 Å². The number of anilines is 2. The molecule has 0 saturated heterocycles. The molecule has 2 rings (SSSR count). The fourth-order valence-electron chi connectivity index (χ4n) is 2.80. The summed E-state index contributed by atoms with van der Waals surface area (Å²) in [5.74, 6) is 0.635. The van der Waals surface area contributed by atoms with Gasteiger partial charge in [0.2, 0.25) is 0 Å². The molecule has 2 aromatic rings. The van der Waals surface area contributed by atoms with Crippen molar-refractivity contribution in [3.63, 3.8) is 0 Å². The van der Waals surface area contributed by atoms with Crippen molar-refractivity contribution in [1.29, 1.82) is 0 Å². The lowest BCUT2D eigenvalue weighted by molar-refractivity contribution is 0.414. The summed E-state index contributed by atoms with van der Waals surface area (Å²) in [7, 11) is -2.10. The Morgan fingerprint density at radius 1 is 1.00 bits per heavy atom. The summed E-state index contributed by atoms with van der Waals surface area (Å²) in [5.41, 5.74) is 3.21. The summed E-state index contributed by atoms with van der Waals surface area (Å²) in [4.78, 5) is 2.47. The maximum absolute atomic E-state index is 12.7. The Labute approximate surface area is 150 Å². The van der Waals surface area contributed by atoms with E-state index in [2.05, 4.69) is 23.5 Å². The zero-order chi connectivity index (χ0) is 18.6. The number of benzene rings is 2. The fourth-order valence-corrected chi connectivity index (χ4v) is 4.16. The van der Waals surface area contributed by atoms with Gasteiger partial charge in [-0.3, -0.25) is 4.72 Å². The van der Waals surface area contributed by atoms with Gasteiger partial charge in [-0.1, -0.05) is 0 Å². The molecule has 0 saturated carbocycles. The largest absolute Gasteiger partial charge is 0.497 e. The second kappa shape index (κ2) is 7.78. The first kappa shape index (κ1) is 19.1. The average Bonchev–Trinajstić information content (AvgIpc) is 2.57. The topological polar surface area (TPSA) is 58.6 Å². The Morgan fingerprint density at radius 3 is 2.20 bits per heavy atom. The molecule has 0 amide bonds. The quantitative estimate of drug-likeness (QED) is 0.810. The molecular formula is C19H26N2O3S. The minimum atomic E-state index is -3.65. The molecule has 0 aliphatic rings. The SMILES string of the molecule is CCN(CC)c1ccc(NS(=O)(=O)c2ccc(OC)cc2C)c(C)c1. The molecule has 2 aromatic carbocycles. The van der Waals surface area contributed by atoms with E-state index in [1.807, 2.05) is 25.1 Å². The second-order valence-electron chi connectivity index (χ2n) is 5.91. The van der Waals surface area contributed by atoms with Crippen LogP contribution >= 0.6 is 0 Å². The molecule has 136 valence electrons. The van der Waals surface area contributed by atoms with E-state index < -0.39 is 10.0 Å². The van der Waals surface area contributed by atoms with Gasteiger partial charge in [-0.25, -0.2) is 8.42 Å². The molecule has 0 aromatic heterocycles. The van der Waals surface area contributed by atoms with Crippen LogP contribution in [-0.4, -0.2) is 28.6 Å². The van der Waals surface area contributed by atoms with Crippen LogP contribution in [0.3, 0.4) is 0 Å². The molecule has 6 heteroatoms. The van der Waals surface area contributed by atoms with E-state index in [9.17, 15) is 8.42 Å². The highest BCUT2D eigenvalue weighted by Gasteiger charge is 2.18. The maximum atomic E-state index is 12.7. The lowest BCUT2D eigenvalue weighted by Gasteiger charge is -2.22. The molecule has 0 bridgehead atoms. The molecule has 5 nitrogen and oxygen atoms in total. The zero-order valence-electron chi connectivity index (χ0n) is 15.5. The van der Waals surface area contributed by atoms with Gasteiger partial charge in [0.25, 0.3) is 10.0 Å². The van der Waals surface area contributed by atoms with Crippen molar-refractivity contribution in [3.8, 4) is 5.75 Å². The molecular weight excluding hydrogens is 336 g/mol. The number of nitrogens with zero attached hydrogens (tertiary/aromatic N) is 1. The molecule has 25 heavy (non-hydrogen) atoms. The van der Waals surface area contributed by atoms with E-state index in [1.165, 1.54) is 0 Å². The van der Waals surface area contributed by atoms with Crippen molar-refractivity contribution in [1.82, 2.24) is 0 Å². The Kier molecular flexibility index (Phi) is 5.95. The Balaban J connectivity index is 2.32. The number of nitrogens with one attached hydrogen (secondary N) is 1. The monoisotopic (exact) mass is 362 g/mol. The highest BCUT2D eigenvalue weighted by Crippen LogP contribution is 2.27. The van der Waals surface area contributed by atoms with Crippen LogP contribution in [0, 0.1) is 13.8 Å². The van der Waals surface area contributed by atoms with Crippen molar-refractivity contribution in [2.75, 3.05) is 29.8 Å². The highest BCUT2D eigenvalue weighted by molar-refractivity contribution is 7.92. The molecule has 0 aliphatic heterocycles. The van der Waals surface area contributed by atoms with Gasteiger partial charge in [-0.15, -0.1) is 0 Å². The lowest BCUT2D eigenvalue weighted by atomic mass is 10.1. The van der Waals surface area contributed by atoms with E-state index in [1.54, 1.807) is 32.2 Å². The van der Waals surface area contributed by atoms with Crippen molar-refractivity contribution >= 4 is 21.4 Å². The standard InChI is InChI=1S/C19H26N2O3S/c1-6-21(7-2)16-8-10-18(14(3)12-16)20-25(22,23)19-11-9-17(24-5)13-15(19)4/h8-13,20H,6-7H2,1-5H3. The van der Waals surface area contributed by atoms with E-state index in [4.69, 9.17) is 4.74 Å². The van der Waals surface area contributed by atoms with Crippen LogP contribution in [0.1, 0.15) is 25.0 Å². The molecule has 0 fully saturated rings. The average molecular weight is 362 g/mol. The minimum Gasteiger partial charge on any atom is -0.497 e. The van der Waals surface area contributed by atoms with E-state index in [0.717, 1.165) is 24.3 Å². The number of aryl methyl sites for hydroxylation is 2. The first-order chi connectivity index (χ1) is 11.8. The maximum Gasteiger partial charge on any atom is 0.262 e. The smallest absolute Gasteiger partial charge is 0.262 e. The Hall–Kier alpha value is -2.21. The summed E-state index contributed by atoms with van der Waals surface area (Å²) in [5, 5.41) is 0.